The van der Waals surface area contributed by atoms with Gasteiger partial charge in [0.15, 0.2) is 0 Å². The van der Waals surface area contributed by atoms with Crippen LogP contribution in [0.25, 0.3) is 10.4 Å². The highest BCUT2D eigenvalue weighted by Crippen LogP contribution is 2.45. The molecule has 1 heterocycles. The third-order valence-corrected chi connectivity index (χ3v) is 5.07. The number of hydrogen-bond acceptors (Lipinski definition) is 2. The van der Waals surface area contributed by atoms with Crippen molar-refractivity contribution in [1.82, 2.24) is 0 Å². The van der Waals surface area contributed by atoms with E-state index in [-0.39, 0.29) is 0 Å². The number of azide groups is 1. The molecule has 14 heavy (non-hydrogen) atoms. The molecule has 4 heteroatoms. The second-order valence-electron chi connectivity index (χ2n) is 4.34. The van der Waals surface area contributed by atoms with Crippen molar-refractivity contribution in [2.45, 2.75) is 49.0 Å². The molecule has 0 radical (unpaired) electrons. The molecule has 0 aromatic heterocycles. The molecule has 78 valence electrons. The first-order valence-electron chi connectivity index (χ1n) is 5.56. The number of fused-ring (bicyclic) bond motifs is 1. The molecule has 0 aromatic rings. The summed E-state index contributed by atoms with van der Waals surface area (Å²) in [6.45, 7) is 0.703. The fourth-order valence-electron chi connectivity index (χ4n) is 2.68. The van der Waals surface area contributed by atoms with Gasteiger partial charge in [-0.05, 0) is 30.7 Å². The molecule has 1 saturated carbocycles. The zero-order valence-electron chi connectivity index (χ0n) is 8.43. The van der Waals surface area contributed by atoms with Crippen molar-refractivity contribution < 1.29 is 0 Å². The third kappa shape index (κ3) is 2.37. The van der Waals surface area contributed by atoms with E-state index in [2.05, 4.69) is 21.8 Å². The second kappa shape index (κ2) is 4.94. The van der Waals surface area contributed by atoms with Crippen LogP contribution in [-0.2, 0) is 0 Å². The Hall–Kier alpha value is -0.340. The van der Waals surface area contributed by atoms with Gasteiger partial charge < -0.3 is 0 Å². The molecule has 0 unspecified atom stereocenters. The van der Waals surface area contributed by atoms with Crippen LogP contribution in [0.2, 0.25) is 0 Å². The monoisotopic (exact) mass is 211 g/mol. The topological polar surface area (TPSA) is 48.8 Å². The molecule has 0 N–H and O–H groups in total. The summed E-state index contributed by atoms with van der Waals surface area (Å²) in [5.74, 6) is 0.918. The van der Waals surface area contributed by atoms with Gasteiger partial charge in [-0.1, -0.05) is 24.4 Å². The fourth-order valence-corrected chi connectivity index (χ4v) is 4.46. The Morgan fingerprint density at radius 2 is 2.14 bits per heavy atom. The molecule has 0 aromatic carbocycles. The number of hydrogen-bond donors (Lipinski definition) is 0. The van der Waals surface area contributed by atoms with Gasteiger partial charge in [0.25, 0.3) is 0 Å². The zero-order chi connectivity index (χ0) is 9.80. The summed E-state index contributed by atoms with van der Waals surface area (Å²) in [5, 5.41) is 5.18. The molecule has 2 rings (SSSR count). The Kier molecular flexibility index (Phi) is 3.60. The maximum Gasteiger partial charge on any atom is 0.0377 e. The summed E-state index contributed by atoms with van der Waals surface area (Å²) in [4.78, 5) is 2.85. The van der Waals surface area contributed by atoms with Crippen LogP contribution >= 0.6 is 11.8 Å². The molecule has 2 fully saturated rings. The minimum Gasteiger partial charge on any atom is -0.155 e. The van der Waals surface area contributed by atoms with E-state index in [1.165, 1.54) is 38.5 Å². The van der Waals surface area contributed by atoms with Gasteiger partial charge in [0.2, 0.25) is 0 Å². The molecule has 1 aliphatic heterocycles. The lowest BCUT2D eigenvalue weighted by Gasteiger charge is -2.13. The number of thioether (sulfide) groups is 1. The summed E-state index contributed by atoms with van der Waals surface area (Å²) >= 11 is 2.08. The van der Waals surface area contributed by atoms with Crippen LogP contribution in [0.5, 0.6) is 0 Å². The van der Waals surface area contributed by atoms with Crippen LogP contribution in [0.4, 0.5) is 0 Å². The van der Waals surface area contributed by atoms with Gasteiger partial charge in [-0.3, -0.25) is 0 Å². The molecule has 3 nitrogen and oxygen atoms in total. The van der Waals surface area contributed by atoms with Crippen LogP contribution in [0.3, 0.4) is 0 Å². The van der Waals surface area contributed by atoms with Gasteiger partial charge in [-0.25, -0.2) is 0 Å². The molecule has 2 aliphatic rings. The van der Waals surface area contributed by atoms with Crippen LogP contribution in [-0.4, -0.2) is 17.0 Å². The smallest absolute Gasteiger partial charge is 0.0377 e. The predicted octanol–water partition coefficient (Wildman–Crippen LogP) is 3.75. The Bertz CT molecular complexity index is 224. The van der Waals surface area contributed by atoms with E-state index >= 15 is 0 Å². The Balaban J connectivity index is 1.88. The molecule has 0 spiro atoms. The summed E-state index contributed by atoms with van der Waals surface area (Å²) in [6, 6.07) is 0. The fraction of sp³-hybridized carbons (Fsp3) is 1.00. The molecular formula is C10H17N3S. The van der Waals surface area contributed by atoms with Gasteiger partial charge in [-0.15, -0.1) is 0 Å². The molecule has 0 bridgehead atoms. The van der Waals surface area contributed by atoms with Crippen molar-refractivity contribution >= 4 is 11.8 Å². The first-order valence-corrected chi connectivity index (χ1v) is 6.51. The maximum atomic E-state index is 8.28. The van der Waals surface area contributed by atoms with Crippen molar-refractivity contribution in [1.29, 1.82) is 0 Å². The lowest BCUT2D eigenvalue weighted by Crippen LogP contribution is -2.08. The van der Waals surface area contributed by atoms with Gasteiger partial charge in [-0.2, -0.15) is 11.8 Å². The lowest BCUT2D eigenvalue weighted by atomic mass is 9.95. The summed E-state index contributed by atoms with van der Waals surface area (Å²) < 4.78 is 0. The van der Waals surface area contributed by atoms with Crippen molar-refractivity contribution in [3.63, 3.8) is 0 Å². The lowest BCUT2D eigenvalue weighted by molar-refractivity contribution is 0.461. The van der Waals surface area contributed by atoms with Gasteiger partial charge in [0, 0.05) is 22.0 Å². The van der Waals surface area contributed by atoms with Crippen molar-refractivity contribution in [2.75, 3.05) is 6.54 Å². The van der Waals surface area contributed by atoms with E-state index in [1.54, 1.807) is 0 Å². The SMILES string of the molecule is [N-]=[N+]=NC[C@H]1C[C@@H]2CCCCC[C@H]2S1. The van der Waals surface area contributed by atoms with Crippen molar-refractivity contribution in [3.8, 4) is 0 Å². The van der Waals surface area contributed by atoms with Crippen LogP contribution < -0.4 is 0 Å². The highest BCUT2D eigenvalue weighted by molar-refractivity contribution is 8.00. The van der Waals surface area contributed by atoms with Gasteiger partial charge >= 0.3 is 0 Å². The Morgan fingerprint density at radius 1 is 1.29 bits per heavy atom. The first kappa shape index (κ1) is 10.2. The maximum absolute atomic E-state index is 8.28. The average Bonchev–Trinajstić information content (AvgIpc) is 2.46. The number of rotatable bonds is 2. The van der Waals surface area contributed by atoms with E-state index in [0.717, 1.165) is 11.2 Å². The predicted molar refractivity (Wildman–Crippen MR) is 60.4 cm³/mol. The van der Waals surface area contributed by atoms with E-state index < -0.39 is 0 Å². The van der Waals surface area contributed by atoms with Crippen LogP contribution in [0.15, 0.2) is 5.11 Å². The highest BCUT2D eigenvalue weighted by atomic mass is 32.2. The second-order valence-corrected chi connectivity index (χ2v) is 5.89. The molecule has 0 amide bonds. The largest absolute Gasteiger partial charge is 0.155 e. The van der Waals surface area contributed by atoms with Gasteiger partial charge in [0.1, 0.15) is 0 Å². The standard InChI is InChI=1S/C10H17N3S/c11-13-12-7-9-6-8-4-2-1-3-5-10(8)14-9/h8-10H,1-7H2/t8-,9+,10+/m0/s1. The van der Waals surface area contributed by atoms with E-state index in [0.29, 0.717) is 11.8 Å². The number of nitrogens with zero attached hydrogens (tertiary/aromatic N) is 3. The quantitative estimate of drug-likeness (QED) is 0.390. The normalized spacial score (nSPS) is 37.0. The Morgan fingerprint density at radius 3 is 3.00 bits per heavy atom. The van der Waals surface area contributed by atoms with E-state index in [1.807, 2.05) is 0 Å². The minimum atomic E-state index is 0.610. The van der Waals surface area contributed by atoms with Crippen LogP contribution in [0.1, 0.15) is 38.5 Å². The molecule has 3 atom stereocenters. The zero-order valence-corrected chi connectivity index (χ0v) is 9.25. The van der Waals surface area contributed by atoms with E-state index in [9.17, 15) is 0 Å². The molecular weight excluding hydrogens is 194 g/mol. The van der Waals surface area contributed by atoms with Crippen molar-refractivity contribution in [2.24, 2.45) is 11.0 Å². The van der Waals surface area contributed by atoms with Crippen molar-refractivity contribution in [3.05, 3.63) is 10.4 Å². The molecule has 1 aliphatic carbocycles. The van der Waals surface area contributed by atoms with Crippen LogP contribution in [0, 0.1) is 5.92 Å². The molecule has 1 saturated heterocycles. The average molecular weight is 211 g/mol. The Labute approximate surface area is 89.3 Å². The minimum absolute atomic E-state index is 0.610. The summed E-state index contributed by atoms with van der Waals surface area (Å²) in [5.41, 5.74) is 8.28. The summed E-state index contributed by atoms with van der Waals surface area (Å²) in [7, 11) is 0. The van der Waals surface area contributed by atoms with E-state index in [4.69, 9.17) is 5.53 Å². The van der Waals surface area contributed by atoms with Gasteiger partial charge in [0.05, 0.1) is 0 Å². The third-order valence-electron chi connectivity index (χ3n) is 3.37. The highest BCUT2D eigenvalue weighted by Gasteiger charge is 2.34. The first-order chi connectivity index (χ1) is 6.90. The summed E-state index contributed by atoms with van der Waals surface area (Å²) in [6.07, 6.45) is 8.33.